The van der Waals surface area contributed by atoms with E-state index >= 15 is 0 Å². The van der Waals surface area contributed by atoms with Crippen molar-refractivity contribution in [3.8, 4) is 0 Å². The average molecular weight is 370 g/mol. The number of carbonyl (C=O) groups excluding carboxylic acids is 2. The molecule has 2 aromatic heterocycles. The van der Waals surface area contributed by atoms with Crippen LogP contribution in [0.4, 0.5) is 4.39 Å². The Bertz CT molecular complexity index is 953. The second kappa shape index (κ2) is 8.41. The normalized spacial score (nSPS) is 10.7. The third-order valence-electron chi connectivity index (χ3n) is 3.92. The molecule has 0 aliphatic heterocycles. The number of benzene rings is 1. The SMILES string of the molecule is COCCNC(=O)c1nc(C(=O)NCc2ccc(F)cc2)n2ccccc12. The van der Waals surface area contributed by atoms with E-state index in [2.05, 4.69) is 15.6 Å². The van der Waals surface area contributed by atoms with Crippen LogP contribution in [-0.4, -0.2) is 41.5 Å². The fourth-order valence-electron chi connectivity index (χ4n) is 2.58. The Morgan fingerprint density at radius 1 is 1.11 bits per heavy atom. The molecule has 0 spiro atoms. The molecule has 8 heteroatoms. The molecular weight excluding hydrogens is 351 g/mol. The van der Waals surface area contributed by atoms with Crippen LogP contribution in [-0.2, 0) is 11.3 Å². The van der Waals surface area contributed by atoms with Crippen molar-refractivity contribution in [1.82, 2.24) is 20.0 Å². The number of pyridine rings is 1. The first-order chi connectivity index (χ1) is 13.1. The van der Waals surface area contributed by atoms with E-state index in [0.29, 0.717) is 18.7 Å². The number of amides is 2. The predicted octanol–water partition coefficient (Wildman–Crippen LogP) is 1.78. The number of fused-ring (bicyclic) bond motifs is 1. The van der Waals surface area contributed by atoms with Crippen LogP contribution in [0, 0.1) is 5.82 Å². The number of nitrogens with zero attached hydrogens (tertiary/aromatic N) is 2. The molecular formula is C19H19FN4O3. The summed E-state index contributed by atoms with van der Waals surface area (Å²) >= 11 is 0. The summed E-state index contributed by atoms with van der Waals surface area (Å²) in [4.78, 5) is 29.2. The Hall–Kier alpha value is -3.26. The van der Waals surface area contributed by atoms with Crippen molar-refractivity contribution in [3.05, 3.63) is 71.6 Å². The lowest BCUT2D eigenvalue weighted by molar-refractivity contribution is 0.0934. The highest BCUT2D eigenvalue weighted by Crippen LogP contribution is 2.13. The number of aromatic nitrogens is 2. The highest BCUT2D eigenvalue weighted by Gasteiger charge is 2.21. The van der Waals surface area contributed by atoms with Crippen LogP contribution < -0.4 is 10.6 Å². The minimum atomic E-state index is -0.434. The molecule has 2 amide bonds. The second-order valence-electron chi connectivity index (χ2n) is 5.80. The Labute approximate surface area is 155 Å². The van der Waals surface area contributed by atoms with Crippen LogP contribution >= 0.6 is 0 Å². The standard InChI is InChI=1S/C19H19FN4O3/c1-27-11-9-21-18(25)16-15-4-2-3-10-24(15)17(23-16)19(26)22-12-13-5-7-14(20)8-6-13/h2-8,10H,9,11-12H2,1H3,(H,21,25)(H,22,26). The first-order valence-electron chi connectivity index (χ1n) is 8.37. The Kier molecular flexibility index (Phi) is 5.77. The van der Waals surface area contributed by atoms with Gasteiger partial charge in [-0.25, -0.2) is 9.37 Å². The zero-order valence-electron chi connectivity index (χ0n) is 14.7. The molecule has 0 fully saturated rings. The molecule has 0 aliphatic carbocycles. The van der Waals surface area contributed by atoms with E-state index in [9.17, 15) is 14.0 Å². The number of hydrogen-bond acceptors (Lipinski definition) is 4. The van der Waals surface area contributed by atoms with E-state index in [0.717, 1.165) is 5.56 Å². The van der Waals surface area contributed by atoms with Gasteiger partial charge in [0, 0.05) is 26.4 Å². The lowest BCUT2D eigenvalue weighted by Crippen LogP contribution is -2.28. The first kappa shape index (κ1) is 18.5. The van der Waals surface area contributed by atoms with Crippen LogP contribution in [0.15, 0.2) is 48.7 Å². The first-order valence-corrected chi connectivity index (χ1v) is 8.37. The number of rotatable bonds is 7. The van der Waals surface area contributed by atoms with Gasteiger partial charge in [0.05, 0.1) is 12.1 Å². The molecule has 0 bridgehead atoms. The molecule has 0 radical (unpaired) electrons. The predicted molar refractivity (Wildman–Crippen MR) is 97.0 cm³/mol. The number of hydrogen-bond donors (Lipinski definition) is 2. The van der Waals surface area contributed by atoms with Crippen LogP contribution in [0.3, 0.4) is 0 Å². The second-order valence-corrected chi connectivity index (χ2v) is 5.80. The summed E-state index contributed by atoms with van der Waals surface area (Å²) < 4.78 is 19.4. The van der Waals surface area contributed by atoms with Crippen molar-refractivity contribution in [2.45, 2.75) is 6.54 Å². The zero-order chi connectivity index (χ0) is 19.2. The number of methoxy groups -OCH3 is 1. The molecule has 0 saturated heterocycles. The van der Waals surface area contributed by atoms with E-state index in [1.165, 1.54) is 12.1 Å². The van der Waals surface area contributed by atoms with E-state index in [1.807, 2.05) is 0 Å². The molecule has 0 atom stereocenters. The molecule has 0 unspecified atom stereocenters. The van der Waals surface area contributed by atoms with Crippen LogP contribution in [0.5, 0.6) is 0 Å². The van der Waals surface area contributed by atoms with Gasteiger partial charge in [0.15, 0.2) is 5.69 Å². The van der Waals surface area contributed by atoms with Gasteiger partial charge < -0.3 is 15.4 Å². The largest absolute Gasteiger partial charge is 0.383 e. The maximum absolute atomic E-state index is 13.0. The number of carbonyl (C=O) groups is 2. The summed E-state index contributed by atoms with van der Waals surface area (Å²) in [5, 5.41) is 5.44. The Balaban J connectivity index is 1.80. The van der Waals surface area contributed by atoms with Gasteiger partial charge in [0.25, 0.3) is 11.8 Å². The molecule has 2 heterocycles. The summed E-state index contributed by atoms with van der Waals surface area (Å²) in [7, 11) is 1.54. The van der Waals surface area contributed by atoms with Crippen molar-refractivity contribution in [2.24, 2.45) is 0 Å². The molecule has 140 valence electrons. The fraction of sp³-hybridized carbons (Fsp3) is 0.211. The number of imidazole rings is 1. The summed E-state index contributed by atoms with van der Waals surface area (Å²) in [6.07, 6.45) is 1.67. The van der Waals surface area contributed by atoms with Gasteiger partial charge in [-0.05, 0) is 29.8 Å². The van der Waals surface area contributed by atoms with Crippen molar-refractivity contribution >= 4 is 17.3 Å². The van der Waals surface area contributed by atoms with E-state index in [1.54, 1.807) is 48.0 Å². The average Bonchev–Trinajstić information content (AvgIpc) is 3.07. The van der Waals surface area contributed by atoms with E-state index in [-0.39, 0.29) is 29.8 Å². The van der Waals surface area contributed by atoms with Crippen LogP contribution in [0.1, 0.15) is 26.7 Å². The van der Waals surface area contributed by atoms with Gasteiger partial charge in [0.1, 0.15) is 5.82 Å². The molecule has 1 aromatic carbocycles. The smallest absolute Gasteiger partial charge is 0.287 e. The topological polar surface area (TPSA) is 84.7 Å². The summed E-state index contributed by atoms with van der Waals surface area (Å²) in [6, 6.07) is 11.1. The maximum Gasteiger partial charge on any atom is 0.287 e. The number of halogens is 1. The van der Waals surface area contributed by atoms with Gasteiger partial charge in [-0.1, -0.05) is 18.2 Å². The summed E-state index contributed by atoms with van der Waals surface area (Å²) in [5.41, 5.74) is 1.45. The Morgan fingerprint density at radius 2 is 1.89 bits per heavy atom. The van der Waals surface area contributed by atoms with Gasteiger partial charge in [-0.2, -0.15) is 0 Å². The van der Waals surface area contributed by atoms with Crippen molar-refractivity contribution in [3.63, 3.8) is 0 Å². The van der Waals surface area contributed by atoms with Crippen molar-refractivity contribution in [2.75, 3.05) is 20.3 Å². The summed E-state index contributed by atoms with van der Waals surface area (Å²) in [6.45, 7) is 0.937. The molecule has 0 saturated carbocycles. The molecule has 3 rings (SSSR count). The van der Waals surface area contributed by atoms with Crippen LogP contribution in [0.25, 0.3) is 5.52 Å². The minimum absolute atomic E-state index is 0.101. The van der Waals surface area contributed by atoms with E-state index < -0.39 is 5.91 Å². The minimum Gasteiger partial charge on any atom is -0.383 e. The molecule has 7 nitrogen and oxygen atoms in total. The van der Waals surface area contributed by atoms with E-state index in [4.69, 9.17) is 4.74 Å². The maximum atomic E-state index is 13.0. The third-order valence-corrected chi connectivity index (χ3v) is 3.92. The number of nitrogens with one attached hydrogen (secondary N) is 2. The van der Waals surface area contributed by atoms with Crippen molar-refractivity contribution in [1.29, 1.82) is 0 Å². The van der Waals surface area contributed by atoms with Gasteiger partial charge in [0.2, 0.25) is 5.82 Å². The molecule has 2 N–H and O–H groups in total. The van der Waals surface area contributed by atoms with Gasteiger partial charge in [-0.3, -0.25) is 14.0 Å². The molecule has 3 aromatic rings. The highest BCUT2D eigenvalue weighted by atomic mass is 19.1. The molecule has 27 heavy (non-hydrogen) atoms. The van der Waals surface area contributed by atoms with Gasteiger partial charge >= 0.3 is 0 Å². The third kappa shape index (κ3) is 4.29. The fourth-order valence-corrected chi connectivity index (χ4v) is 2.58. The number of ether oxygens (including phenoxy) is 1. The van der Waals surface area contributed by atoms with Crippen molar-refractivity contribution < 1.29 is 18.7 Å². The molecule has 0 aliphatic rings. The monoisotopic (exact) mass is 370 g/mol. The lowest BCUT2D eigenvalue weighted by atomic mass is 10.2. The lowest BCUT2D eigenvalue weighted by Gasteiger charge is -2.04. The quantitative estimate of drug-likeness (QED) is 0.621. The van der Waals surface area contributed by atoms with Gasteiger partial charge in [-0.15, -0.1) is 0 Å². The Morgan fingerprint density at radius 3 is 2.63 bits per heavy atom. The van der Waals surface area contributed by atoms with Crippen LogP contribution in [0.2, 0.25) is 0 Å². The highest BCUT2D eigenvalue weighted by molar-refractivity contribution is 6.02. The zero-order valence-corrected chi connectivity index (χ0v) is 14.7. The summed E-state index contributed by atoms with van der Waals surface area (Å²) in [5.74, 6) is -1.05.